The number of carbonyl (C=O) groups is 1. The van der Waals surface area contributed by atoms with Crippen LogP contribution in [0.2, 0.25) is 0 Å². The molecule has 0 fully saturated rings. The molecule has 0 spiro atoms. The highest BCUT2D eigenvalue weighted by molar-refractivity contribution is 5.84. The first-order chi connectivity index (χ1) is 7.39. The van der Waals surface area contributed by atoms with Crippen LogP contribution in [0.15, 0.2) is 6.20 Å². The number of carbonyl (C=O) groups excluding carboxylic acids is 1. The molecule has 0 unspecified atom stereocenters. The highest BCUT2D eigenvalue weighted by Crippen LogP contribution is 2.31. The Balaban J connectivity index is 3.29. The minimum Gasteiger partial charge on any atom is -0.403 e. The van der Waals surface area contributed by atoms with Crippen LogP contribution in [0.5, 0.6) is 5.75 Å². The molecule has 1 aromatic rings. The zero-order chi connectivity index (χ0) is 12.3. The number of nitrogen functional groups attached to an aromatic ring is 1. The quantitative estimate of drug-likeness (QED) is 0.757. The Hall–Kier alpha value is -1.83. The Morgan fingerprint density at radius 2 is 2.12 bits per heavy atom. The molecule has 8 heteroatoms. The summed E-state index contributed by atoms with van der Waals surface area (Å²) in [6.07, 6.45) is -3.80. The van der Waals surface area contributed by atoms with Crippen molar-refractivity contribution < 1.29 is 22.7 Å². The Kier molecular flexibility index (Phi) is 3.33. The third kappa shape index (κ3) is 2.60. The van der Waals surface area contributed by atoms with E-state index in [0.717, 1.165) is 6.20 Å². The number of halogens is 3. The van der Waals surface area contributed by atoms with Crippen molar-refractivity contribution in [2.24, 2.45) is 5.73 Å². The summed E-state index contributed by atoms with van der Waals surface area (Å²) in [7, 11) is 0. The molecule has 0 radical (unpaired) electrons. The van der Waals surface area contributed by atoms with Crippen molar-refractivity contribution in [1.82, 2.24) is 4.98 Å². The topological polar surface area (TPSA) is 91.2 Å². The summed E-state index contributed by atoms with van der Waals surface area (Å²) in [5.41, 5.74) is 9.67. The molecule has 0 aliphatic carbocycles. The molecule has 88 valence electrons. The second kappa shape index (κ2) is 4.35. The van der Waals surface area contributed by atoms with Gasteiger partial charge in [0.25, 0.3) is 0 Å². The van der Waals surface area contributed by atoms with Gasteiger partial charge in [0.1, 0.15) is 0 Å². The summed E-state index contributed by atoms with van der Waals surface area (Å²) in [4.78, 5) is 14.3. The fraction of sp³-hybridized carbons (Fsp3) is 0.250. The lowest BCUT2D eigenvalue weighted by molar-refractivity contribution is -0.274. The number of hydrogen-bond acceptors (Lipinski definition) is 5. The molecule has 0 saturated heterocycles. The molecule has 0 saturated carbocycles. The molecule has 1 heterocycles. The van der Waals surface area contributed by atoms with Gasteiger partial charge in [0.05, 0.1) is 23.1 Å². The number of aldehydes is 1. The average Bonchev–Trinajstić information content (AvgIpc) is 2.19. The SMILES string of the molecule is NCc1ncc(N)c(OC(F)(F)F)c1C=O. The normalized spacial score (nSPS) is 11.2. The minimum atomic E-state index is -4.93. The molecule has 5 nitrogen and oxygen atoms in total. The van der Waals surface area contributed by atoms with Crippen molar-refractivity contribution in [3.8, 4) is 5.75 Å². The van der Waals surface area contributed by atoms with Crippen LogP contribution < -0.4 is 16.2 Å². The summed E-state index contributed by atoms with van der Waals surface area (Å²) in [6, 6.07) is 0. The third-order valence-corrected chi connectivity index (χ3v) is 1.71. The van der Waals surface area contributed by atoms with E-state index in [0.29, 0.717) is 0 Å². The molecule has 0 bridgehead atoms. The van der Waals surface area contributed by atoms with Crippen molar-refractivity contribution in [3.63, 3.8) is 0 Å². The highest BCUT2D eigenvalue weighted by atomic mass is 19.4. The molecule has 0 aromatic carbocycles. The van der Waals surface area contributed by atoms with Crippen LogP contribution in [0, 0.1) is 0 Å². The van der Waals surface area contributed by atoms with Gasteiger partial charge >= 0.3 is 6.36 Å². The van der Waals surface area contributed by atoms with E-state index in [9.17, 15) is 18.0 Å². The fourth-order valence-corrected chi connectivity index (χ4v) is 1.08. The van der Waals surface area contributed by atoms with E-state index in [1.807, 2.05) is 0 Å². The van der Waals surface area contributed by atoms with Crippen LogP contribution >= 0.6 is 0 Å². The largest absolute Gasteiger partial charge is 0.573 e. The fourth-order valence-electron chi connectivity index (χ4n) is 1.08. The van der Waals surface area contributed by atoms with E-state index < -0.39 is 12.1 Å². The summed E-state index contributed by atoms with van der Waals surface area (Å²) in [6.45, 7) is -0.192. The summed E-state index contributed by atoms with van der Waals surface area (Å²) >= 11 is 0. The zero-order valence-corrected chi connectivity index (χ0v) is 7.91. The Labute approximate surface area is 88.2 Å². The van der Waals surface area contributed by atoms with Gasteiger partial charge in [-0.3, -0.25) is 9.78 Å². The number of pyridine rings is 1. The number of anilines is 1. The lowest BCUT2D eigenvalue weighted by Gasteiger charge is -2.14. The van der Waals surface area contributed by atoms with Crippen LogP contribution in [0.1, 0.15) is 16.1 Å². The van der Waals surface area contributed by atoms with E-state index in [4.69, 9.17) is 11.5 Å². The number of rotatable bonds is 3. The average molecular weight is 235 g/mol. The number of hydrogen-bond donors (Lipinski definition) is 2. The predicted molar refractivity (Wildman–Crippen MR) is 48.6 cm³/mol. The second-order valence-electron chi connectivity index (χ2n) is 2.77. The van der Waals surface area contributed by atoms with Gasteiger partial charge in [-0.2, -0.15) is 0 Å². The van der Waals surface area contributed by atoms with Crippen LogP contribution in [0.25, 0.3) is 0 Å². The molecule has 1 aromatic heterocycles. The van der Waals surface area contributed by atoms with Crippen LogP contribution in [0.3, 0.4) is 0 Å². The van der Waals surface area contributed by atoms with Gasteiger partial charge in [-0.25, -0.2) is 0 Å². The van der Waals surface area contributed by atoms with E-state index in [1.165, 1.54) is 0 Å². The first-order valence-electron chi connectivity index (χ1n) is 4.07. The lowest BCUT2D eigenvalue weighted by Crippen LogP contribution is -2.20. The van der Waals surface area contributed by atoms with Crippen molar-refractivity contribution >= 4 is 12.0 Å². The Morgan fingerprint density at radius 1 is 1.50 bits per heavy atom. The first-order valence-corrected chi connectivity index (χ1v) is 4.07. The molecular weight excluding hydrogens is 227 g/mol. The summed E-state index contributed by atoms with van der Waals surface area (Å²) in [5.74, 6) is -0.766. The molecule has 0 aliphatic heterocycles. The Morgan fingerprint density at radius 3 is 2.56 bits per heavy atom. The summed E-state index contributed by atoms with van der Waals surface area (Å²) in [5, 5.41) is 0. The van der Waals surface area contributed by atoms with Crippen molar-refractivity contribution in [2.45, 2.75) is 12.9 Å². The molecule has 1 rings (SSSR count). The van der Waals surface area contributed by atoms with Crippen LogP contribution in [-0.2, 0) is 6.54 Å². The zero-order valence-electron chi connectivity index (χ0n) is 7.91. The number of aromatic nitrogens is 1. The molecule has 0 amide bonds. The summed E-state index contributed by atoms with van der Waals surface area (Å²) < 4.78 is 39.7. The minimum absolute atomic E-state index is 0.0107. The van der Waals surface area contributed by atoms with Gasteiger partial charge in [0.15, 0.2) is 12.0 Å². The maximum atomic E-state index is 12.0. The van der Waals surface area contributed by atoms with Gasteiger partial charge in [-0.15, -0.1) is 13.2 Å². The van der Waals surface area contributed by atoms with E-state index in [-0.39, 0.29) is 29.8 Å². The molecule has 4 N–H and O–H groups in total. The van der Waals surface area contributed by atoms with Crippen LogP contribution in [-0.4, -0.2) is 17.6 Å². The van der Waals surface area contributed by atoms with Gasteiger partial charge in [-0.05, 0) is 0 Å². The van der Waals surface area contributed by atoms with Crippen molar-refractivity contribution in [2.75, 3.05) is 5.73 Å². The maximum Gasteiger partial charge on any atom is 0.573 e. The van der Waals surface area contributed by atoms with E-state index in [2.05, 4.69) is 9.72 Å². The van der Waals surface area contributed by atoms with Gasteiger partial charge in [0.2, 0.25) is 0 Å². The van der Waals surface area contributed by atoms with Crippen molar-refractivity contribution in [3.05, 3.63) is 17.5 Å². The highest BCUT2D eigenvalue weighted by Gasteiger charge is 2.33. The van der Waals surface area contributed by atoms with E-state index >= 15 is 0 Å². The monoisotopic (exact) mass is 235 g/mol. The van der Waals surface area contributed by atoms with Gasteiger partial charge in [0, 0.05) is 6.54 Å². The second-order valence-corrected chi connectivity index (χ2v) is 2.77. The number of alkyl halides is 3. The number of nitrogens with two attached hydrogens (primary N) is 2. The lowest BCUT2D eigenvalue weighted by atomic mass is 10.1. The molecule has 16 heavy (non-hydrogen) atoms. The Bertz CT molecular complexity index is 406. The van der Waals surface area contributed by atoms with E-state index in [1.54, 1.807) is 0 Å². The van der Waals surface area contributed by atoms with Crippen molar-refractivity contribution in [1.29, 1.82) is 0 Å². The van der Waals surface area contributed by atoms with Gasteiger partial charge in [-0.1, -0.05) is 0 Å². The standard InChI is InChI=1S/C8H8F3N3O2/c9-8(10,11)16-7-4(3-15)6(1-12)14-2-5(7)13/h2-3H,1,12-13H2. The number of nitrogens with zero attached hydrogens (tertiary/aromatic N) is 1. The third-order valence-electron chi connectivity index (χ3n) is 1.71. The number of ether oxygens (including phenoxy) is 1. The molecule has 0 atom stereocenters. The predicted octanol–water partition coefficient (Wildman–Crippen LogP) is 0.834. The smallest absolute Gasteiger partial charge is 0.403 e. The van der Waals surface area contributed by atoms with Crippen LogP contribution in [0.4, 0.5) is 18.9 Å². The molecule has 0 aliphatic rings. The molecular formula is C8H8F3N3O2. The van der Waals surface area contributed by atoms with Gasteiger partial charge < -0.3 is 16.2 Å². The maximum absolute atomic E-state index is 12.0. The first kappa shape index (κ1) is 12.2.